The third-order valence-electron chi connectivity index (χ3n) is 11.8. The summed E-state index contributed by atoms with van der Waals surface area (Å²) in [7, 11) is 0. The Bertz CT molecular complexity index is 1520. The van der Waals surface area contributed by atoms with Crippen LogP contribution in [0.2, 0.25) is 0 Å². The molecule has 0 heterocycles. The van der Waals surface area contributed by atoms with E-state index in [2.05, 4.69) is 12.2 Å². The number of Topliss-reactive ketones (excluding diaryl/α,β-unsaturated/α-hetero) is 1. The van der Waals surface area contributed by atoms with Gasteiger partial charge in [-0.15, -0.1) is 0 Å². The van der Waals surface area contributed by atoms with Gasteiger partial charge < -0.3 is 25.4 Å². The van der Waals surface area contributed by atoms with Crippen LogP contribution in [0.1, 0.15) is 89.7 Å². The molecule has 1 aromatic carbocycles. The lowest BCUT2D eigenvalue weighted by molar-refractivity contribution is -0.385. The molecule has 47 heavy (non-hydrogen) atoms. The fourth-order valence-electron chi connectivity index (χ4n) is 9.12. The number of carboxylic acid groups (broad SMARTS) is 1. The number of carbonyl (C=O) groups is 5. The quantitative estimate of drug-likeness (QED) is 0.154. The van der Waals surface area contributed by atoms with Crippen molar-refractivity contribution in [2.45, 2.75) is 95.8 Å². The second-order valence-corrected chi connectivity index (χ2v) is 14.1. The molecule has 0 saturated heterocycles. The van der Waals surface area contributed by atoms with Crippen LogP contribution in [-0.4, -0.2) is 67.9 Å². The SMILES string of the molecule is C[C@]12CCC(=O)C=C1CCC1C2CC[C@@]2(C)C1CC[C@]2(O)C(=O)COC(=O)CCC(=O)NC(C(=O)O)C(O)c1cccc([N+](=O)[O-])c1. The molecule has 5 unspecified atom stereocenters. The number of esters is 1. The molecule has 4 aliphatic rings. The standard InChI is InChI=1S/C34H42N2O11/c1-32-13-10-22(37)17-20(32)6-7-23-24(32)11-14-33(2)25(23)12-15-34(33,44)26(38)18-47-28(40)9-8-27(39)35-29(31(42)43)30(41)19-4-3-5-21(16-19)36(45)46/h3-5,16-17,23-25,29-30,41,44H,6-15,18H2,1-2H3,(H,35,39)(H,42,43)/t23?,24?,25?,29?,30?,32-,33-,34-/m0/s1. The zero-order chi connectivity index (χ0) is 34.3. The first-order chi connectivity index (χ1) is 22.1. The number of fused-ring (bicyclic) bond motifs is 5. The highest BCUT2D eigenvalue weighted by Crippen LogP contribution is 2.67. The lowest BCUT2D eigenvalue weighted by atomic mass is 9.46. The molecule has 3 saturated carbocycles. The van der Waals surface area contributed by atoms with Gasteiger partial charge in [0.05, 0.1) is 11.3 Å². The molecule has 13 heteroatoms. The number of aliphatic carboxylic acids is 1. The molecule has 0 radical (unpaired) electrons. The van der Waals surface area contributed by atoms with Crippen molar-refractivity contribution in [2.24, 2.45) is 28.6 Å². The van der Waals surface area contributed by atoms with Crippen molar-refractivity contribution in [3.8, 4) is 0 Å². The van der Waals surface area contributed by atoms with Crippen LogP contribution in [-0.2, 0) is 28.7 Å². The first kappa shape index (κ1) is 34.4. The minimum Gasteiger partial charge on any atom is -0.480 e. The highest BCUT2D eigenvalue weighted by molar-refractivity contribution is 5.92. The molecule has 1 amide bonds. The van der Waals surface area contributed by atoms with E-state index in [4.69, 9.17) is 4.74 Å². The van der Waals surface area contributed by atoms with Crippen LogP contribution in [0.5, 0.6) is 0 Å². The number of allylic oxidation sites excluding steroid dienone is 1. The number of aliphatic hydroxyl groups excluding tert-OH is 1. The maximum absolute atomic E-state index is 13.5. The van der Waals surface area contributed by atoms with Crippen molar-refractivity contribution in [2.75, 3.05) is 6.61 Å². The van der Waals surface area contributed by atoms with E-state index in [0.717, 1.165) is 31.7 Å². The Morgan fingerprint density at radius 1 is 1.06 bits per heavy atom. The first-order valence-corrected chi connectivity index (χ1v) is 16.2. The van der Waals surface area contributed by atoms with E-state index in [1.54, 1.807) is 0 Å². The molecule has 0 aromatic heterocycles. The topological polar surface area (TPSA) is 210 Å². The Labute approximate surface area is 271 Å². The number of amides is 1. The highest BCUT2D eigenvalue weighted by atomic mass is 16.6. The smallest absolute Gasteiger partial charge is 0.329 e. The van der Waals surface area contributed by atoms with Gasteiger partial charge in [0.25, 0.3) is 5.69 Å². The van der Waals surface area contributed by atoms with Gasteiger partial charge >= 0.3 is 11.9 Å². The number of nitrogens with zero attached hydrogens (tertiary/aromatic N) is 1. The van der Waals surface area contributed by atoms with E-state index in [9.17, 15) is 49.4 Å². The largest absolute Gasteiger partial charge is 0.480 e. The number of ether oxygens (including phenoxy) is 1. The van der Waals surface area contributed by atoms with Gasteiger partial charge in [0, 0.05) is 30.4 Å². The Balaban J connectivity index is 1.14. The summed E-state index contributed by atoms with van der Waals surface area (Å²) in [6.45, 7) is 3.56. The van der Waals surface area contributed by atoms with Gasteiger partial charge in [-0.05, 0) is 79.8 Å². The molecule has 4 N–H and O–H groups in total. The number of hydrogen-bond donors (Lipinski definition) is 4. The molecule has 0 spiro atoms. The number of carboxylic acids is 1. The third-order valence-corrected chi connectivity index (χ3v) is 11.8. The Morgan fingerprint density at radius 2 is 1.79 bits per heavy atom. The van der Waals surface area contributed by atoms with Gasteiger partial charge in [-0.25, -0.2) is 4.79 Å². The van der Waals surface area contributed by atoms with E-state index in [1.807, 2.05) is 13.0 Å². The minimum atomic E-state index is -1.85. The molecule has 0 aliphatic heterocycles. The van der Waals surface area contributed by atoms with Crippen LogP contribution in [0.4, 0.5) is 5.69 Å². The van der Waals surface area contributed by atoms with Gasteiger partial charge in [0.1, 0.15) is 11.7 Å². The number of hydrogen-bond acceptors (Lipinski definition) is 10. The van der Waals surface area contributed by atoms with Crippen LogP contribution in [0, 0.1) is 38.7 Å². The van der Waals surface area contributed by atoms with Crippen LogP contribution in [0.15, 0.2) is 35.9 Å². The molecule has 254 valence electrons. The number of non-ortho nitro benzene ring substituents is 1. The van der Waals surface area contributed by atoms with Crippen molar-refractivity contribution < 1.29 is 49.0 Å². The number of carbonyl (C=O) groups excluding carboxylic acids is 4. The molecular formula is C34H42N2O11. The summed E-state index contributed by atoms with van der Waals surface area (Å²) in [6.07, 6.45) is 4.56. The van der Waals surface area contributed by atoms with Crippen molar-refractivity contribution in [1.29, 1.82) is 0 Å². The molecule has 0 bridgehead atoms. The van der Waals surface area contributed by atoms with Crippen molar-refractivity contribution in [1.82, 2.24) is 5.32 Å². The molecule has 4 aliphatic carbocycles. The van der Waals surface area contributed by atoms with Crippen molar-refractivity contribution in [3.05, 3.63) is 51.6 Å². The maximum Gasteiger partial charge on any atom is 0.329 e. The molecule has 5 rings (SSSR count). The summed E-state index contributed by atoms with van der Waals surface area (Å²) in [4.78, 5) is 72.6. The lowest BCUT2D eigenvalue weighted by Crippen LogP contribution is -2.58. The van der Waals surface area contributed by atoms with E-state index in [0.29, 0.717) is 31.1 Å². The number of ketones is 2. The summed E-state index contributed by atoms with van der Waals surface area (Å²) >= 11 is 0. The molecule has 3 fully saturated rings. The second-order valence-electron chi connectivity index (χ2n) is 14.1. The van der Waals surface area contributed by atoms with E-state index >= 15 is 0 Å². The van der Waals surface area contributed by atoms with Crippen LogP contribution in [0.25, 0.3) is 0 Å². The van der Waals surface area contributed by atoms with Crippen molar-refractivity contribution >= 4 is 35.1 Å². The number of aliphatic hydroxyl groups is 2. The number of rotatable bonds is 11. The Kier molecular flexibility index (Phi) is 9.44. The van der Waals surface area contributed by atoms with E-state index in [-0.39, 0.29) is 34.8 Å². The fraction of sp³-hybridized carbons (Fsp3) is 0.618. The van der Waals surface area contributed by atoms with Crippen molar-refractivity contribution in [3.63, 3.8) is 0 Å². The second kappa shape index (κ2) is 12.9. The summed E-state index contributed by atoms with van der Waals surface area (Å²) in [6, 6.07) is 2.86. The summed E-state index contributed by atoms with van der Waals surface area (Å²) < 4.78 is 5.17. The average Bonchev–Trinajstić information content (AvgIpc) is 3.32. The van der Waals surface area contributed by atoms with Crippen LogP contribution < -0.4 is 5.32 Å². The maximum atomic E-state index is 13.5. The number of nitro benzene ring substituents is 1. The molecule has 13 nitrogen and oxygen atoms in total. The predicted octanol–water partition coefficient (Wildman–Crippen LogP) is 3.35. The van der Waals surface area contributed by atoms with E-state index < -0.39 is 71.2 Å². The average molecular weight is 655 g/mol. The summed E-state index contributed by atoms with van der Waals surface area (Å²) in [5.74, 6) is -2.97. The first-order valence-electron chi connectivity index (χ1n) is 16.2. The monoisotopic (exact) mass is 654 g/mol. The minimum absolute atomic E-state index is 0.0461. The Hall–Kier alpha value is -3.97. The number of nitro groups is 1. The van der Waals surface area contributed by atoms with Crippen LogP contribution >= 0.6 is 0 Å². The summed E-state index contributed by atoms with van der Waals surface area (Å²) in [5, 5.41) is 45.0. The summed E-state index contributed by atoms with van der Waals surface area (Å²) in [5.41, 5.74) is -1.63. The van der Waals surface area contributed by atoms with Gasteiger partial charge in [0.2, 0.25) is 11.7 Å². The van der Waals surface area contributed by atoms with Crippen LogP contribution in [0.3, 0.4) is 0 Å². The van der Waals surface area contributed by atoms with Gasteiger partial charge in [-0.3, -0.25) is 29.3 Å². The van der Waals surface area contributed by atoms with E-state index in [1.165, 1.54) is 23.8 Å². The molecular weight excluding hydrogens is 612 g/mol. The highest BCUT2D eigenvalue weighted by Gasteiger charge is 2.66. The number of benzene rings is 1. The predicted molar refractivity (Wildman–Crippen MR) is 164 cm³/mol. The fourth-order valence-corrected chi connectivity index (χ4v) is 9.12. The molecule has 8 atom stereocenters. The zero-order valence-electron chi connectivity index (χ0n) is 26.6. The third kappa shape index (κ3) is 6.22. The normalized spacial score (nSPS) is 32.5. The number of nitrogens with one attached hydrogen (secondary N) is 1. The lowest BCUT2D eigenvalue weighted by Gasteiger charge is -2.58. The Morgan fingerprint density at radius 3 is 2.49 bits per heavy atom. The molecule has 1 aromatic rings. The van der Waals surface area contributed by atoms with Gasteiger partial charge in [-0.1, -0.05) is 31.6 Å². The van der Waals surface area contributed by atoms with Gasteiger partial charge in [0.15, 0.2) is 18.4 Å². The zero-order valence-corrected chi connectivity index (χ0v) is 26.6. The van der Waals surface area contributed by atoms with Gasteiger partial charge in [-0.2, -0.15) is 0 Å².